The van der Waals surface area contributed by atoms with Gasteiger partial charge in [-0.05, 0) is 65.0 Å². The van der Waals surface area contributed by atoms with Crippen LogP contribution in [0.4, 0.5) is 16.4 Å². The van der Waals surface area contributed by atoms with E-state index in [0.717, 1.165) is 48.1 Å². The highest BCUT2D eigenvalue weighted by molar-refractivity contribution is 5.93. The zero-order valence-corrected chi connectivity index (χ0v) is 18.4. The average molecular weight is 423 g/mol. The molecule has 1 atom stereocenters. The highest BCUT2D eigenvalue weighted by Crippen LogP contribution is 2.29. The third kappa shape index (κ3) is 5.16. The maximum atomic E-state index is 12.4. The van der Waals surface area contributed by atoms with Gasteiger partial charge < -0.3 is 20.3 Å². The molecule has 2 aliphatic rings. The number of hydrogen-bond acceptors (Lipinski definition) is 7. The van der Waals surface area contributed by atoms with E-state index in [-0.39, 0.29) is 12.1 Å². The Morgan fingerprint density at radius 1 is 1.19 bits per heavy atom. The van der Waals surface area contributed by atoms with E-state index in [1.54, 1.807) is 17.2 Å². The first kappa shape index (κ1) is 21.2. The standard InChI is InChI=1S/C23H30N6O2/c1-23(2,3)31-22(30)29-9-5-8-17(14-29)26-20-11-19-15(13-25-20)10-18(12-24)28-21(19)27-16-6-4-7-16/h10-11,13,16-17H,4-9,14H2,1-3H3,(H,25,26)(H,27,28). The molecular weight excluding hydrogens is 392 g/mol. The zero-order chi connectivity index (χ0) is 22.0. The van der Waals surface area contributed by atoms with Crippen molar-refractivity contribution in [3.8, 4) is 6.07 Å². The van der Waals surface area contributed by atoms with Crippen molar-refractivity contribution in [3.63, 3.8) is 0 Å². The molecule has 2 fully saturated rings. The summed E-state index contributed by atoms with van der Waals surface area (Å²) >= 11 is 0. The van der Waals surface area contributed by atoms with Crippen LogP contribution in [0.5, 0.6) is 0 Å². The molecule has 1 unspecified atom stereocenters. The number of pyridine rings is 2. The third-order valence-electron chi connectivity index (χ3n) is 5.70. The number of hydrogen-bond donors (Lipinski definition) is 2. The number of amides is 1. The van der Waals surface area contributed by atoms with Crippen LogP contribution < -0.4 is 10.6 Å². The Bertz CT molecular complexity index is 1010. The summed E-state index contributed by atoms with van der Waals surface area (Å²) < 4.78 is 5.52. The van der Waals surface area contributed by atoms with Gasteiger partial charge in [-0.15, -0.1) is 0 Å². The maximum absolute atomic E-state index is 12.4. The molecular formula is C23H30N6O2. The normalized spacial score (nSPS) is 19.4. The van der Waals surface area contributed by atoms with Crippen LogP contribution in [0.2, 0.25) is 0 Å². The fraction of sp³-hybridized carbons (Fsp3) is 0.565. The van der Waals surface area contributed by atoms with E-state index in [0.29, 0.717) is 24.8 Å². The Morgan fingerprint density at radius 3 is 2.65 bits per heavy atom. The van der Waals surface area contributed by atoms with E-state index in [1.807, 2.05) is 26.8 Å². The van der Waals surface area contributed by atoms with Crippen molar-refractivity contribution in [3.05, 3.63) is 24.0 Å². The lowest BCUT2D eigenvalue weighted by molar-refractivity contribution is 0.0206. The molecule has 1 aliphatic carbocycles. The molecule has 164 valence electrons. The number of nitrogens with zero attached hydrogens (tertiary/aromatic N) is 4. The monoisotopic (exact) mass is 422 g/mol. The lowest BCUT2D eigenvalue weighted by atomic mass is 9.93. The van der Waals surface area contributed by atoms with Gasteiger partial charge in [0.15, 0.2) is 0 Å². The lowest BCUT2D eigenvalue weighted by Crippen LogP contribution is -2.47. The molecule has 4 rings (SSSR count). The van der Waals surface area contributed by atoms with Crippen molar-refractivity contribution in [2.45, 2.75) is 70.6 Å². The summed E-state index contributed by atoms with van der Waals surface area (Å²) in [6, 6.07) is 6.40. The van der Waals surface area contributed by atoms with Gasteiger partial charge in [-0.3, -0.25) is 0 Å². The van der Waals surface area contributed by atoms with Gasteiger partial charge in [0.25, 0.3) is 0 Å². The van der Waals surface area contributed by atoms with Gasteiger partial charge in [0.1, 0.15) is 29.0 Å². The fourth-order valence-electron chi connectivity index (χ4n) is 3.93. The molecule has 1 amide bonds. The second-order valence-electron chi connectivity index (χ2n) is 9.44. The number of carbonyl (C=O) groups is 1. The van der Waals surface area contributed by atoms with Gasteiger partial charge in [0, 0.05) is 42.1 Å². The van der Waals surface area contributed by atoms with Crippen LogP contribution in [-0.4, -0.2) is 51.7 Å². The van der Waals surface area contributed by atoms with E-state index in [1.165, 1.54) is 6.42 Å². The van der Waals surface area contributed by atoms with Crippen LogP contribution in [-0.2, 0) is 4.74 Å². The summed E-state index contributed by atoms with van der Waals surface area (Å²) in [5.74, 6) is 1.48. The number of rotatable bonds is 4. The number of aromatic nitrogens is 2. The molecule has 2 aromatic heterocycles. The van der Waals surface area contributed by atoms with Crippen molar-refractivity contribution in [2.75, 3.05) is 23.7 Å². The van der Waals surface area contributed by atoms with Gasteiger partial charge in [-0.2, -0.15) is 5.26 Å². The Balaban J connectivity index is 1.51. The number of piperidine rings is 1. The number of likely N-dealkylation sites (tertiary alicyclic amines) is 1. The Hall–Kier alpha value is -3.08. The quantitative estimate of drug-likeness (QED) is 0.758. The smallest absolute Gasteiger partial charge is 0.410 e. The first-order valence-electron chi connectivity index (χ1n) is 11.0. The molecule has 0 aromatic carbocycles. The number of nitriles is 1. The molecule has 0 bridgehead atoms. The lowest BCUT2D eigenvalue weighted by Gasteiger charge is -2.34. The minimum Gasteiger partial charge on any atom is -0.444 e. The number of ether oxygens (including phenoxy) is 1. The summed E-state index contributed by atoms with van der Waals surface area (Å²) in [6.07, 6.45) is 6.84. The van der Waals surface area contributed by atoms with E-state index in [9.17, 15) is 10.1 Å². The molecule has 1 aliphatic heterocycles. The minimum absolute atomic E-state index is 0.0978. The first-order valence-corrected chi connectivity index (χ1v) is 11.0. The highest BCUT2D eigenvalue weighted by Gasteiger charge is 2.28. The SMILES string of the molecule is CC(C)(C)OC(=O)N1CCCC(Nc2cc3c(NC4CCC4)nc(C#N)cc3cn2)C1. The summed E-state index contributed by atoms with van der Waals surface area (Å²) in [5, 5.41) is 18.1. The van der Waals surface area contributed by atoms with Crippen LogP contribution in [0.3, 0.4) is 0 Å². The summed E-state index contributed by atoms with van der Waals surface area (Å²) in [4.78, 5) is 23.3. The number of nitrogens with one attached hydrogen (secondary N) is 2. The second kappa shape index (κ2) is 8.58. The molecule has 0 spiro atoms. The predicted octanol–water partition coefficient (Wildman–Crippen LogP) is 4.28. The Morgan fingerprint density at radius 2 is 1.97 bits per heavy atom. The van der Waals surface area contributed by atoms with E-state index >= 15 is 0 Å². The van der Waals surface area contributed by atoms with Crippen LogP contribution in [0, 0.1) is 11.3 Å². The zero-order valence-electron chi connectivity index (χ0n) is 18.4. The topological polar surface area (TPSA) is 103 Å². The van der Waals surface area contributed by atoms with Gasteiger partial charge in [0.05, 0.1) is 0 Å². The molecule has 8 heteroatoms. The average Bonchev–Trinajstić information content (AvgIpc) is 2.69. The van der Waals surface area contributed by atoms with Crippen LogP contribution in [0.15, 0.2) is 18.3 Å². The van der Waals surface area contributed by atoms with E-state index in [2.05, 4.69) is 26.7 Å². The van der Waals surface area contributed by atoms with Crippen molar-refractivity contribution < 1.29 is 9.53 Å². The highest BCUT2D eigenvalue weighted by atomic mass is 16.6. The first-order chi connectivity index (χ1) is 14.8. The van der Waals surface area contributed by atoms with Crippen molar-refractivity contribution in [2.24, 2.45) is 0 Å². The summed E-state index contributed by atoms with van der Waals surface area (Å²) in [7, 11) is 0. The summed E-state index contributed by atoms with van der Waals surface area (Å²) in [6.45, 7) is 6.92. The van der Waals surface area contributed by atoms with Gasteiger partial charge in [-0.25, -0.2) is 14.8 Å². The molecule has 1 saturated carbocycles. The van der Waals surface area contributed by atoms with Crippen LogP contribution in [0.25, 0.3) is 10.8 Å². The number of fused-ring (bicyclic) bond motifs is 1. The van der Waals surface area contributed by atoms with Gasteiger partial charge in [-0.1, -0.05) is 0 Å². The molecule has 31 heavy (non-hydrogen) atoms. The minimum atomic E-state index is -0.503. The number of carbonyl (C=O) groups excluding carboxylic acids is 1. The van der Waals surface area contributed by atoms with E-state index in [4.69, 9.17) is 4.74 Å². The largest absolute Gasteiger partial charge is 0.444 e. The second-order valence-corrected chi connectivity index (χ2v) is 9.44. The van der Waals surface area contributed by atoms with Gasteiger partial charge in [0.2, 0.25) is 0 Å². The van der Waals surface area contributed by atoms with Crippen molar-refractivity contribution >= 4 is 28.5 Å². The summed E-state index contributed by atoms with van der Waals surface area (Å²) in [5.41, 5.74) is -0.117. The molecule has 8 nitrogen and oxygen atoms in total. The van der Waals surface area contributed by atoms with Gasteiger partial charge >= 0.3 is 6.09 Å². The van der Waals surface area contributed by atoms with Crippen LogP contribution >= 0.6 is 0 Å². The predicted molar refractivity (Wildman–Crippen MR) is 120 cm³/mol. The molecule has 1 saturated heterocycles. The fourth-order valence-corrected chi connectivity index (χ4v) is 3.93. The number of anilines is 2. The molecule has 0 radical (unpaired) electrons. The maximum Gasteiger partial charge on any atom is 0.410 e. The molecule has 2 aromatic rings. The van der Waals surface area contributed by atoms with Crippen molar-refractivity contribution in [1.29, 1.82) is 5.26 Å². The molecule has 2 N–H and O–H groups in total. The Labute approximate surface area is 183 Å². The van der Waals surface area contributed by atoms with E-state index < -0.39 is 5.60 Å². The third-order valence-corrected chi connectivity index (χ3v) is 5.70. The van der Waals surface area contributed by atoms with Crippen LogP contribution in [0.1, 0.15) is 58.6 Å². The molecule has 3 heterocycles. The van der Waals surface area contributed by atoms with Crippen molar-refractivity contribution in [1.82, 2.24) is 14.9 Å². The Kier molecular flexibility index (Phi) is 5.86.